The number of carbonyl (C=O) groups excluding carboxylic acids is 1. The van der Waals surface area contributed by atoms with Crippen LogP contribution in [0.5, 0.6) is 0 Å². The largest absolute Gasteiger partial charge is 0.349 e. The Balaban J connectivity index is 1.61. The fraction of sp³-hybridized carbons (Fsp3) is 0.176. The van der Waals surface area contributed by atoms with E-state index in [1.165, 1.54) is 23.5 Å². The molecule has 2 aromatic heterocycles. The minimum atomic E-state index is -3.72. The summed E-state index contributed by atoms with van der Waals surface area (Å²) < 4.78 is 22.6. The van der Waals surface area contributed by atoms with Crippen molar-refractivity contribution in [2.45, 2.75) is 24.3 Å². The maximum atomic E-state index is 12.3. The highest BCUT2D eigenvalue weighted by molar-refractivity contribution is 7.89. The number of rotatable bonds is 6. The molecule has 3 aromatic rings. The number of sulfonamides is 1. The van der Waals surface area contributed by atoms with Gasteiger partial charge in [-0.15, -0.1) is 11.3 Å². The Hall–Kier alpha value is -2.07. The van der Waals surface area contributed by atoms with Gasteiger partial charge in [0.15, 0.2) is 0 Å². The Morgan fingerprint density at radius 2 is 1.96 bits per heavy atom. The molecule has 0 saturated carbocycles. The van der Waals surface area contributed by atoms with Gasteiger partial charge in [-0.3, -0.25) is 4.79 Å². The van der Waals surface area contributed by atoms with Crippen LogP contribution >= 0.6 is 22.7 Å². The van der Waals surface area contributed by atoms with E-state index >= 15 is 0 Å². The van der Waals surface area contributed by atoms with E-state index in [0.29, 0.717) is 0 Å². The van der Waals surface area contributed by atoms with Crippen LogP contribution in [0.4, 0.5) is 0 Å². The van der Waals surface area contributed by atoms with E-state index in [4.69, 9.17) is 5.14 Å². The van der Waals surface area contributed by atoms with Gasteiger partial charge in [-0.2, -0.15) is 11.3 Å². The maximum Gasteiger partial charge on any atom is 0.238 e. The Labute approximate surface area is 159 Å². The van der Waals surface area contributed by atoms with Crippen LogP contribution in [0.15, 0.2) is 51.4 Å². The summed E-state index contributed by atoms with van der Waals surface area (Å²) in [5, 5.41) is 14.8. The van der Waals surface area contributed by atoms with Crippen LogP contribution in [0.1, 0.15) is 24.2 Å². The number of nitrogens with one attached hydrogen (secondary N) is 1. The molecule has 1 aromatic carbocycles. The smallest absolute Gasteiger partial charge is 0.238 e. The number of nitrogens with two attached hydrogens (primary N) is 1. The predicted molar refractivity (Wildman–Crippen MR) is 104 cm³/mol. The van der Waals surface area contributed by atoms with Gasteiger partial charge in [-0.25, -0.2) is 18.5 Å². The number of hydrogen-bond donors (Lipinski definition) is 2. The molecule has 2 heterocycles. The molecule has 3 rings (SSSR count). The Morgan fingerprint density at radius 1 is 1.23 bits per heavy atom. The lowest BCUT2D eigenvalue weighted by atomic mass is 10.1. The maximum absolute atomic E-state index is 12.3. The lowest BCUT2D eigenvalue weighted by molar-refractivity contribution is -0.121. The molecule has 0 unspecified atom stereocenters. The summed E-state index contributed by atoms with van der Waals surface area (Å²) in [7, 11) is -3.72. The highest BCUT2D eigenvalue weighted by Crippen LogP contribution is 2.26. The van der Waals surface area contributed by atoms with Gasteiger partial charge in [0.2, 0.25) is 15.9 Å². The predicted octanol–water partition coefficient (Wildman–Crippen LogP) is 2.94. The fourth-order valence-electron chi connectivity index (χ4n) is 2.39. The van der Waals surface area contributed by atoms with E-state index in [0.717, 1.165) is 21.8 Å². The molecule has 1 amide bonds. The van der Waals surface area contributed by atoms with Gasteiger partial charge in [0, 0.05) is 16.3 Å². The van der Waals surface area contributed by atoms with Crippen molar-refractivity contribution >= 4 is 38.6 Å². The number of hydrogen-bond acceptors (Lipinski definition) is 6. The molecule has 0 aliphatic heterocycles. The van der Waals surface area contributed by atoms with Crippen LogP contribution in [-0.4, -0.2) is 19.3 Å². The molecular formula is C17H17N3O3S3. The van der Waals surface area contributed by atoms with Gasteiger partial charge in [-0.05, 0) is 36.1 Å². The van der Waals surface area contributed by atoms with Crippen LogP contribution in [0, 0.1) is 0 Å². The first kappa shape index (κ1) is 18.7. The third-order valence-corrected chi connectivity index (χ3v) is 6.30. The number of aromatic nitrogens is 1. The number of thiazole rings is 1. The molecule has 136 valence electrons. The first-order valence-electron chi connectivity index (χ1n) is 7.72. The number of primary sulfonamides is 1. The lowest BCUT2D eigenvalue weighted by Crippen LogP contribution is -2.28. The first-order valence-corrected chi connectivity index (χ1v) is 11.1. The summed E-state index contributed by atoms with van der Waals surface area (Å²) in [6, 6.07) is 7.89. The normalized spacial score (nSPS) is 12.7. The quantitative estimate of drug-likeness (QED) is 0.656. The summed E-state index contributed by atoms with van der Waals surface area (Å²) in [5.41, 5.74) is 2.59. The zero-order chi connectivity index (χ0) is 18.7. The molecule has 0 bridgehead atoms. The summed E-state index contributed by atoms with van der Waals surface area (Å²) in [4.78, 5) is 16.8. The van der Waals surface area contributed by atoms with Crippen LogP contribution in [0.25, 0.3) is 10.6 Å². The van der Waals surface area contributed by atoms with E-state index in [1.807, 2.05) is 29.1 Å². The van der Waals surface area contributed by atoms with Gasteiger partial charge >= 0.3 is 0 Å². The molecule has 0 aliphatic rings. The molecule has 0 saturated heterocycles. The molecule has 0 fully saturated rings. The molecule has 3 N–H and O–H groups in total. The standard InChI is InChI=1S/C17H17N3O3S3/c1-11(12-2-4-15(5-3-12)26(18,22)23)19-16(21)8-14-10-25-17(20-14)13-6-7-24-9-13/h2-7,9-11H,8H2,1H3,(H,19,21)(H2,18,22,23)/t11-/m1/s1. The van der Waals surface area contributed by atoms with Crippen LogP contribution in [0.3, 0.4) is 0 Å². The van der Waals surface area contributed by atoms with Crippen LogP contribution < -0.4 is 10.5 Å². The number of amides is 1. The minimum Gasteiger partial charge on any atom is -0.349 e. The van der Waals surface area contributed by atoms with E-state index in [2.05, 4.69) is 10.3 Å². The number of thiophene rings is 1. The zero-order valence-electron chi connectivity index (χ0n) is 13.9. The van der Waals surface area contributed by atoms with Crippen LogP contribution in [-0.2, 0) is 21.2 Å². The molecule has 6 nitrogen and oxygen atoms in total. The Morgan fingerprint density at radius 3 is 2.58 bits per heavy atom. The minimum absolute atomic E-state index is 0.0446. The number of nitrogens with zero attached hydrogens (tertiary/aromatic N) is 1. The van der Waals surface area contributed by atoms with Crippen LogP contribution in [0.2, 0.25) is 0 Å². The molecule has 26 heavy (non-hydrogen) atoms. The first-order chi connectivity index (χ1) is 12.3. The lowest BCUT2D eigenvalue weighted by Gasteiger charge is -2.14. The van der Waals surface area contributed by atoms with Gasteiger partial charge in [0.1, 0.15) is 5.01 Å². The topological polar surface area (TPSA) is 102 Å². The summed E-state index contributed by atoms with van der Waals surface area (Å²) in [6.45, 7) is 1.84. The van der Waals surface area contributed by atoms with Gasteiger partial charge in [-0.1, -0.05) is 12.1 Å². The molecule has 1 atom stereocenters. The summed E-state index contributed by atoms with van der Waals surface area (Å²) >= 11 is 3.12. The highest BCUT2D eigenvalue weighted by Gasteiger charge is 2.14. The van der Waals surface area contributed by atoms with E-state index < -0.39 is 10.0 Å². The molecule has 0 aliphatic carbocycles. The summed E-state index contributed by atoms with van der Waals surface area (Å²) in [5.74, 6) is -0.143. The fourth-order valence-corrected chi connectivity index (χ4v) is 4.44. The van der Waals surface area contributed by atoms with E-state index in [9.17, 15) is 13.2 Å². The molecule has 9 heteroatoms. The average molecular weight is 408 g/mol. The van der Waals surface area contributed by atoms with Gasteiger partial charge in [0.05, 0.1) is 23.1 Å². The SMILES string of the molecule is C[C@@H](NC(=O)Cc1csc(-c2ccsc2)n1)c1ccc(S(N)(=O)=O)cc1. The van der Waals surface area contributed by atoms with E-state index in [-0.39, 0.29) is 23.3 Å². The highest BCUT2D eigenvalue weighted by atomic mass is 32.2. The second-order valence-corrected chi connectivity index (χ2v) is 8.94. The monoisotopic (exact) mass is 407 g/mol. The van der Waals surface area contributed by atoms with Crippen molar-refractivity contribution in [3.63, 3.8) is 0 Å². The van der Waals surface area contributed by atoms with Crippen molar-refractivity contribution in [2.75, 3.05) is 0 Å². The average Bonchev–Trinajstić information content (AvgIpc) is 3.25. The van der Waals surface area contributed by atoms with Crippen molar-refractivity contribution < 1.29 is 13.2 Å². The van der Waals surface area contributed by atoms with Gasteiger partial charge in [0.25, 0.3) is 0 Å². The van der Waals surface area contributed by atoms with Crippen molar-refractivity contribution in [3.8, 4) is 10.6 Å². The van der Waals surface area contributed by atoms with Crippen molar-refractivity contribution in [1.82, 2.24) is 10.3 Å². The third kappa shape index (κ3) is 4.55. The van der Waals surface area contributed by atoms with E-state index in [1.54, 1.807) is 23.5 Å². The van der Waals surface area contributed by atoms with Crippen molar-refractivity contribution in [3.05, 3.63) is 57.7 Å². The van der Waals surface area contributed by atoms with Crippen molar-refractivity contribution in [1.29, 1.82) is 0 Å². The molecule has 0 radical (unpaired) electrons. The molecule has 0 spiro atoms. The second-order valence-electron chi connectivity index (χ2n) is 5.74. The zero-order valence-corrected chi connectivity index (χ0v) is 16.3. The number of benzene rings is 1. The second kappa shape index (κ2) is 7.67. The summed E-state index contributed by atoms with van der Waals surface area (Å²) in [6.07, 6.45) is 0.195. The Kier molecular flexibility index (Phi) is 5.52. The van der Waals surface area contributed by atoms with Crippen molar-refractivity contribution in [2.24, 2.45) is 5.14 Å². The Bertz CT molecular complexity index is 994. The third-order valence-electron chi connectivity index (χ3n) is 3.75. The number of carbonyl (C=O) groups is 1. The van der Waals surface area contributed by atoms with Gasteiger partial charge < -0.3 is 5.32 Å². The molecular weight excluding hydrogens is 390 g/mol.